The van der Waals surface area contributed by atoms with Crippen LogP contribution in [0.15, 0.2) is 84.9 Å². The molecule has 0 amide bonds. The molecule has 184 valence electrons. The molecule has 0 aromatic heterocycles. The van der Waals surface area contributed by atoms with Crippen LogP contribution in [-0.2, 0) is 27.2 Å². The summed E-state index contributed by atoms with van der Waals surface area (Å²) in [6.07, 6.45) is 2.51. The topological polar surface area (TPSA) is 66.8 Å². The molecule has 3 aromatic carbocycles. The second-order valence-corrected chi connectivity index (χ2v) is 10.5. The average Bonchev–Trinajstić information content (AvgIpc) is 2.90. The van der Waals surface area contributed by atoms with E-state index in [0.29, 0.717) is 22.6 Å². The van der Waals surface area contributed by atoms with E-state index in [0.717, 1.165) is 19.3 Å². The molecule has 1 aliphatic carbocycles. The number of ether oxygens (including phenoxy) is 1. The summed E-state index contributed by atoms with van der Waals surface area (Å²) in [7, 11) is 0. The van der Waals surface area contributed by atoms with Crippen molar-refractivity contribution in [2.75, 3.05) is 0 Å². The van der Waals surface area contributed by atoms with Crippen molar-refractivity contribution in [1.29, 1.82) is 0 Å². The third-order valence-electron chi connectivity index (χ3n) is 7.96. The van der Waals surface area contributed by atoms with Gasteiger partial charge in [-0.1, -0.05) is 106 Å². The van der Waals surface area contributed by atoms with Gasteiger partial charge in [-0.15, -0.1) is 0 Å². The van der Waals surface area contributed by atoms with Crippen molar-refractivity contribution in [2.24, 2.45) is 11.8 Å². The number of esters is 1. The van der Waals surface area contributed by atoms with Crippen molar-refractivity contribution in [3.8, 4) is 0 Å². The van der Waals surface area contributed by atoms with Gasteiger partial charge in [-0.2, -0.15) is 0 Å². The maximum Gasteiger partial charge on any atom is 0.347 e. The van der Waals surface area contributed by atoms with Gasteiger partial charge in [0.1, 0.15) is 6.10 Å². The Bertz CT molecular complexity index is 1110. The molecule has 0 bridgehead atoms. The summed E-state index contributed by atoms with van der Waals surface area (Å²) in [5, 5.41) is 21.3. The minimum absolute atomic E-state index is 0.0537. The van der Waals surface area contributed by atoms with E-state index in [1.54, 1.807) is 48.5 Å². The molecule has 35 heavy (non-hydrogen) atoms. The molecule has 0 aliphatic heterocycles. The third kappa shape index (κ3) is 5.05. The van der Waals surface area contributed by atoms with Crippen LogP contribution < -0.4 is 0 Å². The summed E-state index contributed by atoms with van der Waals surface area (Å²) >= 11 is 0. The number of hydrogen-bond donors (Lipinski definition) is 2. The Labute approximate surface area is 208 Å². The lowest BCUT2D eigenvalue weighted by Crippen LogP contribution is -2.45. The molecular weight excluding hydrogens is 436 g/mol. The first kappa shape index (κ1) is 25.2. The van der Waals surface area contributed by atoms with Gasteiger partial charge < -0.3 is 14.9 Å². The molecular formula is C31H36O4. The highest BCUT2D eigenvalue weighted by molar-refractivity contribution is 5.85. The fourth-order valence-corrected chi connectivity index (χ4v) is 5.36. The first-order valence-corrected chi connectivity index (χ1v) is 12.5. The SMILES string of the molecule is C[C@@H]1CC[C@@H](C(C)(C)c2ccccc2)C[C@@H]1OC(=O)[C@](O)(c1ccccc1)c1ccc(CO)cc1. The van der Waals surface area contributed by atoms with E-state index in [-0.39, 0.29) is 24.0 Å². The highest BCUT2D eigenvalue weighted by atomic mass is 16.6. The molecule has 1 saturated carbocycles. The zero-order chi connectivity index (χ0) is 25.1. The first-order valence-electron chi connectivity index (χ1n) is 12.5. The van der Waals surface area contributed by atoms with Crippen molar-refractivity contribution < 1.29 is 19.7 Å². The lowest BCUT2D eigenvalue weighted by atomic mass is 9.65. The molecule has 4 atom stereocenters. The van der Waals surface area contributed by atoms with E-state index < -0.39 is 11.6 Å². The molecule has 0 unspecified atom stereocenters. The van der Waals surface area contributed by atoms with Crippen molar-refractivity contribution in [2.45, 2.75) is 63.8 Å². The normalized spacial score (nSPS) is 22.3. The highest BCUT2D eigenvalue weighted by Crippen LogP contribution is 2.44. The summed E-state index contributed by atoms with van der Waals surface area (Å²) in [5.41, 5.74) is 0.902. The predicted octanol–water partition coefficient (Wildman–Crippen LogP) is 5.74. The average molecular weight is 473 g/mol. The first-order chi connectivity index (χ1) is 16.8. The number of carbonyl (C=O) groups is 1. The van der Waals surface area contributed by atoms with Crippen LogP contribution >= 0.6 is 0 Å². The van der Waals surface area contributed by atoms with Crippen LogP contribution in [0.3, 0.4) is 0 Å². The molecule has 4 nitrogen and oxygen atoms in total. The molecule has 1 aliphatic rings. The fraction of sp³-hybridized carbons (Fsp3) is 0.387. The lowest BCUT2D eigenvalue weighted by molar-refractivity contribution is -0.173. The van der Waals surface area contributed by atoms with Gasteiger partial charge in [0.05, 0.1) is 6.61 Å². The van der Waals surface area contributed by atoms with Gasteiger partial charge in [0.25, 0.3) is 0 Å². The molecule has 0 heterocycles. The van der Waals surface area contributed by atoms with Crippen molar-refractivity contribution in [3.05, 3.63) is 107 Å². The van der Waals surface area contributed by atoms with E-state index in [9.17, 15) is 15.0 Å². The Morgan fingerprint density at radius 1 is 0.857 bits per heavy atom. The maximum absolute atomic E-state index is 13.7. The van der Waals surface area contributed by atoms with Crippen LogP contribution in [-0.4, -0.2) is 22.3 Å². The Morgan fingerprint density at radius 2 is 1.40 bits per heavy atom. The lowest BCUT2D eigenvalue weighted by Gasteiger charge is -2.43. The molecule has 4 rings (SSSR count). The number of aliphatic hydroxyl groups excluding tert-OH is 1. The molecule has 0 radical (unpaired) electrons. The zero-order valence-electron chi connectivity index (χ0n) is 20.9. The summed E-state index contributed by atoms with van der Waals surface area (Å²) in [6, 6.07) is 26.3. The number of benzene rings is 3. The predicted molar refractivity (Wildman–Crippen MR) is 138 cm³/mol. The zero-order valence-corrected chi connectivity index (χ0v) is 20.9. The maximum atomic E-state index is 13.7. The van der Waals surface area contributed by atoms with Crippen LogP contribution in [0.25, 0.3) is 0 Å². The van der Waals surface area contributed by atoms with Crippen LogP contribution in [0.1, 0.15) is 62.3 Å². The monoisotopic (exact) mass is 472 g/mol. The molecule has 3 aromatic rings. The number of carbonyl (C=O) groups excluding carboxylic acids is 1. The second-order valence-electron chi connectivity index (χ2n) is 10.5. The van der Waals surface area contributed by atoms with E-state index in [1.165, 1.54) is 5.56 Å². The van der Waals surface area contributed by atoms with Gasteiger partial charge in [-0.25, -0.2) is 4.79 Å². The second kappa shape index (κ2) is 10.3. The number of hydrogen-bond acceptors (Lipinski definition) is 4. The van der Waals surface area contributed by atoms with Crippen LogP contribution in [0.5, 0.6) is 0 Å². The van der Waals surface area contributed by atoms with Gasteiger partial charge in [0, 0.05) is 0 Å². The van der Waals surface area contributed by atoms with E-state index in [2.05, 4.69) is 45.0 Å². The fourth-order valence-electron chi connectivity index (χ4n) is 5.36. The Hall–Kier alpha value is -2.95. The molecule has 2 N–H and O–H groups in total. The van der Waals surface area contributed by atoms with Gasteiger partial charge in [0.2, 0.25) is 5.60 Å². The molecule has 0 spiro atoms. The summed E-state index contributed by atoms with van der Waals surface area (Å²) in [4.78, 5) is 13.7. The van der Waals surface area contributed by atoms with E-state index in [1.807, 2.05) is 12.1 Å². The third-order valence-corrected chi connectivity index (χ3v) is 7.96. The summed E-state index contributed by atoms with van der Waals surface area (Å²) in [5.74, 6) is -0.0958. The Morgan fingerprint density at radius 3 is 1.97 bits per heavy atom. The van der Waals surface area contributed by atoms with Crippen LogP contribution in [0, 0.1) is 11.8 Å². The Kier molecular flexibility index (Phi) is 7.44. The Balaban J connectivity index is 1.61. The van der Waals surface area contributed by atoms with Crippen molar-refractivity contribution >= 4 is 5.97 Å². The van der Waals surface area contributed by atoms with Crippen molar-refractivity contribution in [1.82, 2.24) is 0 Å². The largest absolute Gasteiger partial charge is 0.459 e. The van der Waals surface area contributed by atoms with E-state index in [4.69, 9.17) is 4.74 Å². The highest BCUT2D eigenvalue weighted by Gasteiger charge is 2.45. The molecule has 4 heteroatoms. The summed E-state index contributed by atoms with van der Waals surface area (Å²) < 4.78 is 6.16. The van der Waals surface area contributed by atoms with E-state index >= 15 is 0 Å². The van der Waals surface area contributed by atoms with Crippen molar-refractivity contribution in [3.63, 3.8) is 0 Å². The quantitative estimate of drug-likeness (QED) is 0.430. The van der Waals surface area contributed by atoms with Crippen LogP contribution in [0.2, 0.25) is 0 Å². The molecule has 0 saturated heterocycles. The smallest absolute Gasteiger partial charge is 0.347 e. The standard InChI is InChI=1S/C31H36O4/c1-22-14-17-27(30(2,3)24-10-6-4-7-11-24)20-28(22)35-29(33)31(34,25-12-8-5-9-13-25)26-18-15-23(21-32)16-19-26/h4-13,15-16,18-19,22,27-28,32,34H,14,17,20-21H2,1-3H3/t22-,27-,28+,31+/m1/s1. The number of rotatable bonds is 7. The minimum Gasteiger partial charge on any atom is -0.459 e. The summed E-state index contributed by atoms with van der Waals surface area (Å²) in [6.45, 7) is 6.56. The number of aliphatic hydroxyl groups is 2. The van der Waals surface area contributed by atoms with Gasteiger partial charge in [0.15, 0.2) is 0 Å². The van der Waals surface area contributed by atoms with Gasteiger partial charge >= 0.3 is 5.97 Å². The molecule has 1 fully saturated rings. The van der Waals surface area contributed by atoms with Gasteiger partial charge in [-0.05, 0) is 58.8 Å². The van der Waals surface area contributed by atoms with Gasteiger partial charge in [-0.3, -0.25) is 0 Å². The minimum atomic E-state index is -1.93. The van der Waals surface area contributed by atoms with Crippen LogP contribution in [0.4, 0.5) is 0 Å².